The van der Waals surface area contributed by atoms with E-state index >= 15 is 9.13 Å². The molecule has 0 fully saturated rings. The van der Waals surface area contributed by atoms with Gasteiger partial charge in [0, 0.05) is 44.5 Å². The Balaban J connectivity index is 1.12. The van der Waals surface area contributed by atoms with Crippen LogP contribution in [0.1, 0.15) is 66.8 Å². The van der Waals surface area contributed by atoms with Crippen LogP contribution in [0.3, 0.4) is 0 Å². The standard InChI is InChI=1S/C76H65NO6P2/c1-41-29-45(5)65(46(6)30-41)61-37-53-21-13-17-25-57(53)69-70-58-26-18-14-22-54(58)38-62(66-47(7)31-42(2)32-48(66)8)74(70)81-84(78,80-73(61)69)77-85(79)82-75-63(67-49(9)33-43(3)34-50(67)10)39-55-23-15-19-27-59(55)71(75)72-60-28-20-16-24-56(60)40-64(76(72)83-85)68-51(11)35-44(4)36-52(68)12/h13-40H,1-12H3,(H,77,78,79). The molecule has 0 radical (unpaired) electrons. The zero-order valence-corrected chi connectivity index (χ0v) is 51.8. The molecule has 0 saturated heterocycles. The number of benzene rings is 12. The molecule has 0 atom stereocenters. The van der Waals surface area contributed by atoms with Crippen LogP contribution in [0.5, 0.6) is 23.0 Å². The number of rotatable bonds is 6. The van der Waals surface area contributed by atoms with E-state index < -0.39 is 15.5 Å². The zero-order chi connectivity index (χ0) is 59.1. The molecule has 2 aliphatic rings. The highest BCUT2D eigenvalue weighted by Gasteiger charge is 2.50. The van der Waals surface area contributed by atoms with Crippen molar-refractivity contribution in [2.24, 2.45) is 0 Å². The number of hydrogen-bond acceptors (Lipinski definition) is 6. The maximum absolute atomic E-state index is 17.6. The van der Waals surface area contributed by atoms with Gasteiger partial charge in [-0.1, -0.05) is 173 Å². The second-order valence-corrected chi connectivity index (χ2v) is 27.5. The summed E-state index contributed by atoms with van der Waals surface area (Å²) in [5.74, 6) is 1.22. The van der Waals surface area contributed by atoms with Gasteiger partial charge in [-0.25, -0.2) is 9.13 Å². The second kappa shape index (κ2) is 20.0. The van der Waals surface area contributed by atoms with Crippen molar-refractivity contribution in [2.75, 3.05) is 0 Å². The van der Waals surface area contributed by atoms with E-state index in [0.29, 0.717) is 67.5 Å². The Kier molecular flexibility index (Phi) is 12.7. The lowest BCUT2D eigenvalue weighted by Gasteiger charge is -2.27. The largest absolute Gasteiger partial charge is 0.524 e. The zero-order valence-electron chi connectivity index (χ0n) is 50.0. The van der Waals surface area contributed by atoms with Gasteiger partial charge in [-0.05, 0) is 217 Å². The first kappa shape index (κ1) is 54.3. The maximum Gasteiger partial charge on any atom is 0.524 e. The van der Waals surface area contributed by atoms with E-state index in [4.69, 9.17) is 18.1 Å². The van der Waals surface area contributed by atoms with Crippen LogP contribution in [0.4, 0.5) is 0 Å². The smallest absolute Gasteiger partial charge is 0.403 e. The molecule has 420 valence electrons. The van der Waals surface area contributed by atoms with E-state index in [1.807, 2.05) is 48.5 Å². The second-order valence-electron chi connectivity index (χ2n) is 24.0. The first-order valence-corrected chi connectivity index (χ1v) is 32.2. The van der Waals surface area contributed by atoms with Gasteiger partial charge >= 0.3 is 15.5 Å². The number of hydrogen-bond donors (Lipinski definition) is 1. The Labute approximate surface area is 497 Å². The topological polar surface area (TPSA) is 83.1 Å². The van der Waals surface area contributed by atoms with Gasteiger partial charge in [-0.15, -0.1) is 0 Å². The Bertz CT molecular complexity index is 4320. The van der Waals surface area contributed by atoms with Crippen LogP contribution in [0.15, 0.2) is 170 Å². The summed E-state index contributed by atoms with van der Waals surface area (Å²) in [4.78, 5) is 3.14. The predicted molar refractivity (Wildman–Crippen MR) is 353 cm³/mol. The molecule has 0 amide bonds. The molecule has 9 heteroatoms. The molecule has 2 heterocycles. The van der Waals surface area contributed by atoms with Crippen molar-refractivity contribution in [3.63, 3.8) is 0 Å². The van der Waals surface area contributed by atoms with Gasteiger partial charge in [0.25, 0.3) is 0 Å². The summed E-state index contributed by atoms with van der Waals surface area (Å²) in [5.41, 5.74) is 21.8. The van der Waals surface area contributed by atoms with Crippen LogP contribution in [0.2, 0.25) is 0 Å². The first-order valence-electron chi connectivity index (χ1n) is 29.1. The highest BCUT2D eigenvalue weighted by molar-refractivity contribution is 7.68. The van der Waals surface area contributed by atoms with Crippen molar-refractivity contribution >= 4 is 58.6 Å². The minimum Gasteiger partial charge on any atom is -0.403 e. The minimum atomic E-state index is -5.11. The van der Waals surface area contributed by atoms with Crippen molar-refractivity contribution in [1.29, 1.82) is 0 Å². The third-order valence-electron chi connectivity index (χ3n) is 17.4. The van der Waals surface area contributed by atoms with Crippen LogP contribution < -0.4 is 23.0 Å². The fourth-order valence-corrected chi connectivity index (χ4v) is 18.2. The molecule has 0 aliphatic carbocycles. The minimum absolute atomic E-state index is 0.306. The van der Waals surface area contributed by atoms with E-state index in [-0.39, 0.29) is 0 Å². The number of fused-ring (bicyclic) bond motifs is 14. The molecule has 12 aromatic carbocycles. The fraction of sp³-hybridized carbons (Fsp3) is 0.158. The van der Waals surface area contributed by atoms with Crippen LogP contribution in [-0.4, -0.2) is 0 Å². The quantitative estimate of drug-likeness (QED) is 0.166. The summed E-state index contributed by atoms with van der Waals surface area (Å²) in [7, 11) is -10.2. The summed E-state index contributed by atoms with van der Waals surface area (Å²) in [6.45, 7) is 25.2. The Morgan fingerprint density at radius 2 is 0.447 bits per heavy atom. The van der Waals surface area contributed by atoms with Crippen LogP contribution in [0, 0.1) is 83.1 Å². The monoisotopic (exact) mass is 1150 g/mol. The van der Waals surface area contributed by atoms with E-state index in [9.17, 15) is 0 Å². The van der Waals surface area contributed by atoms with Crippen molar-refractivity contribution in [3.8, 4) is 89.8 Å². The Hall–Kier alpha value is -8.70. The summed E-state index contributed by atoms with van der Waals surface area (Å²) >= 11 is 0. The molecular formula is C76H65NO6P2. The average Bonchev–Trinajstić information content (AvgIpc) is 2.40. The lowest BCUT2D eigenvalue weighted by Crippen LogP contribution is -2.22. The molecule has 0 saturated carbocycles. The molecule has 1 N–H and O–H groups in total. The normalized spacial score (nSPS) is 13.9. The van der Waals surface area contributed by atoms with Crippen molar-refractivity contribution in [2.45, 2.75) is 83.1 Å². The number of aryl methyl sites for hydroxylation is 12. The van der Waals surface area contributed by atoms with E-state index in [1.54, 1.807) is 0 Å². The van der Waals surface area contributed by atoms with E-state index in [2.05, 4.69) is 209 Å². The fourth-order valence-electron chi connectivity index (χ4n) is 14.6. The molecule has 14 rings (SSSR count). The van der Waals surface area contributed by atoms with E-state index in [0.717, 1.165) is 132 Å². The molecule has 0 aromatic heterocycles. The predicted octanol–water partition coefficient (Wildman–Crippen LogP) is 22.1. The van der Waals surface area contributed by atoms with E-state index in [1.165, 1.54) is 0 Å². The van der Waals surface area contributed by atoms with Gasteiger partial charge in [-0.2, -0.15) is 0 Å². The van der Waals surface area contributed by atoms with Gasteiger partial charge in [0.05, 0.1) is 0 Å². The molecule has 0 bridgehead atoms. The van der Waals surface area contributed by atoms with Crippen LogP contribution in [0.25, 0.3) is 110 Å². The third kappa shape index (κ3) is 8.89. The molecule has 12 aromatic rings. The summed E-state index contributed by atoms with van der Waals surface area (Å²) in [6.07, 6.45) is 0. The molecule has 0 unspecified atom stereocenters. The van der Waals surface area contributed by atoms with Gasteiger partial charge in [0.15, 0.2) is 0 Å². The van der Waals surface area contributed by atoms with Gasteiger partial charge in [0.2, 0.25) is 0 Å². The molecule has 7 nitrogen and oxygen atoms in total. The molecular weight excluding hydrogens is 1080 g/mol. The van der Waals surface area contributed by atoms with Gasteiger partial charge in [-0.3, -0.25) is 0 Å². The van der Waals surface area contributed by atoms with Gasteiger partial charge < -0.3 is 18.1 Å². The third-order valence-corrected chi connectivity index (χ3v) is 21.0. The maximum atomic E-state index is 17.6. The van der Waals surface area contributed by atoms with Crippen molar-refractivity contribution < 1.29 is 27.2 Å². The van der Waals surface area contributed by atoms with Crippen LogP contribution in [-0.2, 0) is 9.13 Å². The lowest BCUT2D eigenvalue weighted by molar-refractivity contribution is 0.359. The Morgan fingerprint density at radius 3 is 0.647 bits per heavy atom. The summed E-state index contributed by atoms with van der Waals surface area (Å²) in [6, 6.07) is 58.8. The summed E-state index contributed by atoms with van der Waals surface area (Å²) < 4.78 is 64.9. The molecule has 0 spiro atoms. The molecule has 2 aliphatic heterocycles. The van der Waals surface area contributed by atoms with Crippen molar-refractivity contribution in [3.05, 3.63) is 237 Å². The highest BCUT2D eigenvalue weighted by Crippen LogP contribution is 2.69. The SMILES string of the molecule is Cc1cc(C)c(-c2cc3ccccc3c3c2OP(=O)(NP2(=O)Oc4c(-c5c(C)cc(C)cc5C)cc5ccccc5c4-c4c(c(-c5c(C)cc(C)cc5C)cc5ccccc45)O2)Oc2c(-c4c(C)cc(C)cc4C)cc4ccccc4c2-3)c(C)c1. The van der Waals surface area contributed by atoms with Crippen molar-refractivity contribution in [1.82, 2.24) is 4.86 Å². The van der Waals surface area contributed by atoms with Gasteiger partial charge in [0.1, 0.15) is 23.0 Å². The summed E-state index contributed by atoms with van der Waals surface area (Å²) in [5, 5.41) is 7.24. The Morgan fingerprint density at radius 1 is 0.259 bits per heavy atom. The van der Waals surface area contributed by atoms with Crippen LogP contribution >= 0.6 is 15.5 Å². The lowest BCUT2D eigenvalue weighted by atomic mass is 9.84. The molecule has 85 heavy (non-hydrogen) atoms. The number of nitrogens with one attached hydrogen (secondary N) is 1. The average molecular weight is 1150 g/mol. The highest BCUT2D eigenvalue weighted by atomic mass is 31.3. The first-order chi connectivity index (χ1) is 40.7.